The van der Waals surface area contributed by atoms with E-state index in [9.17, 15) is 0 Å². The van der Waals surface area contributed by atoms with Gasteiger partial charge in [-0.15, -0.1) is 0 Å². The van der Waals surface area contributed by atoms with E-state index in [1.54, 1.807) is 11.1 Å². The Hall–Kier alpha value is -0.860. The van der Waals surface area contributed by atoms with Crippen LogP contribution in [0.1, 0.15) is 49.8 Å². The van der Waals surface area contributed by atoms with Crippen molar-refractivity contribution < 1.29 is 0 Å². The quantitative estimate of drug-likeness (QED) is 0.598. The minimum atomic E-state index is 0.393. The molecule has 0 amide bonds. The van der Waals surface area contributed by atoms with Crippen LogP contribution < -0.4 is 11.3 Å². The maximum Gasteiger partial charge on any atom is 0.0276 e. The predicted molar refractivity (Wildman–Crippen MR) is 77.4 cm³/mol. The number of nitrogens with one attached hydrogen (secondary N) is 1. The Labute approximate surface area is 111 Å². The lowest BCUT2D eigenvalue weighted by Crippen LogP contribution is -2.41. The molecule has 0 saturated heterocycles. The molecule has 0 aromatic heterocycles. The van der Waals surface area contributed by atoms with Gasteiger partial charge in [-0.2, -0.15) is 0 Å². The lowest BCUT2D eigenvalue weighted by molar-refractivity contribution is 0.357. The summed E-state index contributed by atoms with van der Waals surface area (Å²) in [5.74, 6) is 6.35. The molecule has 2 atom stereocenters. The standard InChI is InChI=1S/C16H26N2/c1-3-5-12(2)16(18-17)11-13-8-9-14-6-4-7-15(14)10-13/h8-10,12,16,18H,3-7,11,17H2,1-2H3. The van der Waals surface area contributed by atoms with Gasteiger partial charge in [0, 0.05) is 6.04 Å². The van der Waals surface area contributed by atoms with E-state index in [4.69, 9.17) is 5.84 Å². The Balaban J connectivity index is 2.03. The third kappa shape index (κ3) is 3.12. The van der Waals surface area contributed by atoms with Gasteiger partial charge in [-0.1, -0.05) is 38.5 Å². The Kier molecular flexibility index (Phi) is 4.79. The SMILES string of the molecule is CCCC(C)C(Cc1ccc2c(c1)CCC2)NN. The second kappa shape index (κ2) is 6.35. The van der Waals surface area contributed by atoms with E-state index in [0.29, 0.717) is 12.0 Å². The number of hydrogen-bond acceptors (Lipinski definition) is 2. The molecule has 0 fully saturated rings. The smallest absolute Gasteiger partial charge is 0.0276 e. The van der Waals surface area contributed by atoms with E-state index in [1.165, 1.54) is 37.7 Å². The first kappa shape index (κ1) is 13.6. The highest BCUT2D eigenvalue weighted by Crippen LogP contribution is 2.24. The van der Waals surface area contributed by atoms with Gasteiger partial charge in [-0.3, -0.25) is 11.3 Å². The molecule has 2 rings (SSSR count). The molecule has 2 heteroatoms. The van der Waals surface area contributed by atoms with Gasteiger partial charge in [-0.05, 0) is 54.7 Å². The fourth-order valence-electron chi connectivity index (χ4n) is 3.09. The van der Waals surface area contributed by atoms with Crippen LogP contribution in [0.3, 0.4) is 0 Å². The van der Waals surface area contributed by atoms with Crippen LogP contribution in [0.5, 0.6) is 0 Å². The van der Waals surface area contributed by atoms with Crippen molar-refractivity contribution in [2.75, 3.05) is 0 Å². The predicted octanol–water partition coefficient (Wildman–Crippen LogP) is 2.99. The maximum atomic E-state index is 5.71. The third-order valence-corrected chi connectivity index (χ3v) is 4.26. The average molecular weight is 246 g/mol. The summed E-state index contributed by atoms with van der Waals surface area (Å²) in [6, 6.07) is 7.39. The molecule has 1 aliphatic rings. The largest absolute Gasteiger partial charge is 0.271 e. The summed E-state index contributed by atoms with van der Waals surface area (Å²) in [4.78, 5) is 0. The molecule has 1 aromatic carbocycles. The van der Waals surface area contributed by atoms with Crippen LogP contribution >= 0.6 is 0 Å². The minimum Gasteiger partial charge on any atom is -0.271 e. The van der Waals surface area contributed by atoms with E-state index in [1.807, 2.05) is 0 Å². The van der Waals surface area contributed by atoms with E-state index in [-0.39, 0.29) is 0 Å². The highest BCUT2D eigenvalue weighted by Gasteiger charge is 2.17. The van der Waals surface area contributed by atoms with E-state index in [2.05, 4.69) is 37.5 Å². The zero-order valence-electron chi connectivity index (χ0n) is 11.7. The summed E-state index contributed by atoms with van der Waals surface area (Å²) < 4.78 is 0. The summed E-state index contributed by atoms with van der Waals surface area (Å²) in [5, 5.41) is 0. The Morgan fingerprint density at radius 1 is 1.28 bits per heavy atom. The van der Waals surface area contributed by atoms with Crippen LogP contribution in [0.25, 0.3) is 0 Å². The van der Waals surface area contributed by atoms with E-state index >= 15 is 0 Å². The van der Waals surface area contributed by atoms with Crippen LogP contribution in [-0.2, 0) is 19.3 Å². The van der Waals surface area contributed by atoms with E-state index in [0.717, 1.165) is 6.42 Å². The maximum absolute atomic E-state index is 5.71. The number of aryl methyl sites for hydroxylation is 2. The first-order valence-corrected chi connectivity index (χ1v) is 7.31. The Bertz CT molecular complexity index is 387. The lowest BCUT2D eigenvalue weighted by Gasteiger charge is -2.23. The van der Waals surface area contributed by atoms with Crippen molar-refractivity contribution in [3.8, 4) is 0 Å². The fourth-order valence-corrected chi connectivity index (χ4v) is 3.09. The van der Waals surface area contributed by atoms with Crippen molar-refractivity contribution in [2.24, 2.45) is 11.8 Å². The molecular formula is C16H26N2. The van der Waals surface area contributed by atoms with Gasteiger partial charge in [0.25, 0.3) is 0 Å². The van der Waals surface area contributed by atoms with E-state index < -0.39 is 0 Å². The molecule has 0 saturated carbocycles. The number of nitrogens with two attached hydrogens (primary N) is 1. The molecule has 0 spiro atoms. The van der Waals surface area contributed by atoms with Crippen LogP contribution in [0.4, 0.5) is 0 Å². The highest BCUT2D eigenvalue weighted by atomic mass is 15.2. The van der Waals surface area contributed by atoms with Crippen molar-refractivity contribution in [3.05, 3.63) is 34.9 Å². The number of rotatable bonds is 6. The molecule has 0 radical (unpaired) electrons. The number of benzene rings is 1. The Morgan fingerprint density at radius 2 is 2.06 bits per heavy atom. The first-order chi connectivity index (χ1) is 8.74. The molecule has 0 bridgehead atoms. The summed E-state index contributed by atoms with van der Waals surface area (Å²) in [5.41, 5.74) is 7.55. The summed E-state index contributed by atoms with van der Waals surface area (Å²) in [7, 11) is 0. The van der Waals surface area contributed by atoms with Crippen molar-refractivity contribution in [3.63, 3.8) is 0 Å². The normalized spacial score (nSPS) is 17.5. The second-order valence-corrected chi connectivity index (χ2v) is 5.70. The second-order valence-electron chi connectivity index (χ2n) is 5.70. The molecule has 1 aliphatic carbocycles. The van der Waals surface area contributed by atoms with Crippen molar-refractivity contribution in [1.82, 2.24) is 5.43 Å². The highest BCUT2D eigenvalue weighted by molar-refractivity contribution is 5.35. The van der Waals surface area contributed by atoms with Crippen LogP contribution in [-0.4, -0.2) is 6.04 Å². The molecule has 1 aromatic rings. The number of hydrazine groups is 1. The molecule has 3 N–H and O–H groups in total. The zero-order chi connectivity index (χ0) is 13.0. The monoisotopic (exact) mass is 246 g/mol. The topological polar surface area (TPSA) is 38.0 Å². The van der Waals surface area contributed by atoms with Gasteiger partial charge >= 0.3 is 0 Å². The van der Waals surface area contributed by atoms with Gasteiger partial charge in [0.15, 0.2) is 0 Å². The summed E-state index contributed by atoms with van der Waals surface area (Å²) >= 11 is 0. The fraction of sp³-hybridized carbons (Fsp3) is 0.625. The van der Waals surface area contributed by atoms with Gasteiger partial charge in [0.05, 0.1) is 0 Å². The van der Waals surface area contributed by atoms with Crippen molar-refractivity contribution in [2.45, 2.75) is 58.4 Å². The van der Waals surface area contributed by atoms with Crippen molar-refractivity contribution >= 4 is 0 Å². The minimum absolute atomic E-state index is 0.393. The van der Waals surface area contributed by atoms with Gasteiger partial charge in [0.2, 0.25) is 0 Å². The van der Waals surface area contributed by atoms with Gasteiger partial charge in [0.1, 0.15) is 0 Å². The molecule has 18 heavy (non-hydrogen) atoms. The molecule has 2 nitrogen and oxygen atoms in total. The summed E-state index contributed by atoms with van der Waals surface area (Å²) in [6.45, 7) is 4.53. The zero-order valence-corrected chi connectivity index (χ0v) is 11.7. The van der Waals surface area contributed by atoms with Crippen LogP contribution in [0.2, 0.25) is 0 Å². The third-order valence-electron chi connectivity index (χ3n) is 4.26. The van der Waals surface area contributed by atoms with Crippen molar-refractivity contribution in [1.29, 1.82) is 0 Å². The molecule has 0 aliphatic heterocycles. The summed E-state index contributed by atoms with van der Waals surface area (Å²) in [6.07, 6.45) is 7.35. The first-order valence-electron chi connectivity index (χ1n) is 7.31. The van der Waals surface area contributed by atoms with Crippen LogP contribution in [0.15, 0.2) is 18.2 Å². The van der Waals surface area contributed by atoms with Gasteiger partial charge < -0.3 is 0 Å². The molecule has 0 heterocycles. The van der Waals surface area contributed by atoms with Crippen LogP contribution in [0, 0.1) is 5.92 Å². The van der Waals surface area contributed by atoms with Gasteiger partial charge in [-0.25, -0.2) is 0 Å². The molecule has 2 unspecified atom stereocenters. The average Bonchev–Trinajstić information content (AvgIpc) is 2.83. The molecular weight excluding hydrogens is 220 g/mol. The Morgan fingerprint density at radius 3 is 2.78 bits per heavy atom. The molecule has 100 valence electrons. The number of fused-ring (bicyclic) bond motifs is 1. The lowest BCUT2D eigenvalue weighted by atomic mass is 9.91. The number of hydrogen-bond donors (Lipinski definition) is 2.